The van der Waals surface area contributed by atoms with Crippen LogP contribution >= 0.6 is 0 Å². The molecular formula is C22H40O. The van der Waals surface area contributed by atoms with Crippen molar-refractivity contribution in [3.8, 4) is 0 Å². The average molecular weight is 321 g/mol. The van der Waals surface area contributed by atoms with Gasteiger partial charge in [0, 0.05) is 5.41 Å². The first-order valence-electron chi connectivity index (χ1n) is 9.51. The van der Waals surface area contributed by atoms with Gasteiger partial charge in [0.1, 0.15) is 0 Å². The molecule has 0 aromatic carbocycles. The van der Waals surface area contributed by atoms with Crippen molar-refractivity contribution in [1.82, 2.24) is 0 Å². The molecule has 1 heteroatoms. The van der Waals surface area contributed by atoms with Crippen molar-refractivity contribution in [1.29, 1.82) is 0 Å². The summed E-state index contributed by atoms with van der Waals surface area (Å²) < 4.78 is 6.55. The smallest absolute Gasteiger partial charge is 0.0646 e. The summed E-state index contributed by atoms with van der Waals surface area (Å²) in [4.78, 5) is 0. The molecule has 0 N–H and O–H groups in total. The van der Waals surface area contributed by atoms with Gasteiger partial charge >= 0.3 is 0 Å². The Morgan fingerprint density at radius 2 is 1.57 bits per heavy atom. The Balaban J connectivity index is 2.71. The summed E-state index contributed by atoms with van der Waals surface area (Å²) in [5.74, 6) is 1.35. The maximum Gasteiger partial charge on any atom is 0.0646 e. The van der Waals surface area contributed by atoms with Crippen LogP contribution in [0.25, 0.3) is 0 Å². The highest BCUT2D eigenvalue weighted by atomic mass is 16.5. The lowest BCUT2D eigenvalue weighted by atomic mass is 9.69. The zero-order chi connectivity index (χ0) is 17.8. The topological polar surface area (TPSA) is 9.23 Å². The van der Waals surface area contributed by atoms with Crippen LogP contribution in [0.15, 0.2) is 24.3 Å². The zero-order valence-electron chi connectivity index (χ0n) is 16.9. The molecule has 2 atom stereocenters. The fourth-order valence-corrected chi connectivity index (χ4v) is 3.98. The molecule has 0 bridgehead atoms. The predicted molar refractivity (Wildman–Crippen MR) is 103 cm³/mol. The van der Waals surface area contributed by atoms with Crippen LogP contribution in [0.3, 0.4) is 0 Å². The van der Waals surface area contributed by atoms with E-state index in [4.69, 9.17) is 4.74 Å². The SMILES string of the molecule is C=C(/C=C\C)[C@@](C)(C(C)C)C(C)O[C@H]1CC[C@H](C(C)(C)C)CC1. The van der Waals surface area contributed by atoms with Gasteiger partial charge < -0.3 is 4.74 Å². The Morgan fingerprint density at radius 1 is 1.04 bits per heavy atom. The predicted octanol–water partition coefficient (Wildman–Crippen LogP) is 6.79. The van der Waals surface area contributed by atoms with Crippen LogP contribution in [-0.2, 0) is 4.74 Å². The van der Waals surface area contributed by atoms with E-state index in [0.717, 1.165) is 5.92 Å². The summed E-state index contributed by atoms with van der Waals surface area (Å²) in [6.45, 7) is 22.6. The first-order valence-corrected chi connectivity index (χ1v) is 9.51. The lowest BCUT2D eigenvalue weighted by Crippen LogP contribution is -2.41. The van der Waals surface area contributed by atoms with Crippen molar-refractivity contribution in [2.45, 2.75) is 93.3 Å². The Bertz CT molecular complexity index is 404. The van der Waals surface area contributed by atoms with Gasteiger partial charge in [0.15, 0.2) is 0 Å². The van der Waals surface area contributed by atoms with Gasteiger partial charge in [-0.05, 0) is 62.4 Å². The summed E-state index contributed by atoms with van der Waals surface area (Å²) in [6.07, 6.45) is 9.86. The third kappa shape index (κ3) is 4.95. The highest BCUT2D eigenvalue weighted by Crippen LogP contribution is 2.43. The van der Waals surface area contributed by atoms with Crippen LogP contribution in [0.4, 0.5) is 0 Å². The Hall–Kier alpha value is -0.560. The fraction of sp³-hybridized carbons (Fsp3) is 0.818. The number of rotatable bonds is 6. The van der Waals surface area contributed by atoms with E-state index >= 15 is 0 Å². The van der Waals surface area contributed by atoms with Crippen molar-refractivity contribution < 1.29 is 4.74 Å². The molecule has 0 radical (unpaired) electrons. The molecule has 0 aliphatic heterocycles. The normalized spacial score (nSPS) is 27.2. The minimum Gasteiger partial charge on any atom is -0.374 e. The van der Waals surface area contributed by atoms with Crippen molar-refractivity contribution in [2.24, 2.45) is 22.7 Å². The van der Waals surface area contributed by atoms with Crippen LogP contribution < -0.4 is 0 Å². The van der Waals surface area contributed by atoms with E-state index in [2.05, 4.69) is 74.1 Å². The average Bonchev–Trinajstić information content (AvgIpc) is 2.45. The summed E-state index contributed by atoms with van der Waals surface area (Å²) in [5.41, 5.74) is 1.61. The minimum absolute atomic E-state index is 0.00656. The summed E-state index contributed by atoms with van der Waals surface area (Å²) in [6, 6.07) is 0. The van der Waals surface area contributed by atoms with Crippen LogP contribution in [0.2, 0.25) is 0 Å². The standard InChI is InChI=1S/C22H40O/c1-10-11-17(4)22(9,16(2)3)18(5)23-20-14-12-19(13-15-20)21(6,7)8/h10-11,16,18-20H,4,12-15H2,1-3,5-9H3/b11-10-/t18?,19-,20-,22-/m1/s1. The van der Waals surface area contributed by atoms with E-state index in [1.165, 1.54) is 31.3 Å². The number of hydrogen-bond acceptors (Lipinski definition) is 1. The molecule has 0 amide bonds. The molecule has 23 heavy (non-hydrogen) atoms. The zero-order valence-corrected chi connectivity index (χ0v) is 16.9. The van der Waals surface area contributed by atoms with Crippen LogP contribution in [0.1, 0.15) is 81.1 Å². The molecule has 1 saturated carbocycles. The highest BCUT2D eigenvalue weighted by Gasteiger charge is 2.39. The van der Waals surface area contributed by atoms with E-state index in [9.17, 15) is 0 Å². The summed E-state index contributed by atoms with van der Waals surface area (Å²) >= 11 is 0. The summed E-state index contributed by atoms with van der Waals surface area (Å²) in [5, 5.41) is 0. The van der Waals surface area contributed by atoms with Gasteiger partial charge in [0.05, 0.1) is 12.2 Å². The van der Waals surface area contributed by atoms with Gasteiger partial charge in [-0.3, -0.25) is 0 Å². The van der Waals surface area contributed by atoms with Crippen molar-refractivity contribution in [3.63, 3.8) is 0 Å². The van der Waals surface area contributed by atoms with E-state index in [0.29, 0.717) is 17.4 Å². The quantitative estimate of drug-likeness (QED) is 0.489. The van der Waals surface area contributed by atoms with Crippen molar-refractivity contribution in [2.75, 3.05) is 0 Å². The van der Waals surface area contributed by atoms with E-state index in [1.807, 2.05) is 0 Å². The van der Waals surface area contributed by atoms with E-state index in [-0.39, 0.29) is 11.5 Å². The van der Waals surface area contributed by atoms with Gasteiger partial charge in [-0.15, -0.1) is 0 Å². The monoisotopic (exact) mass is 320 g/mol. The third-order valence-electron chi connectivity index (χ3n) is 6.40. The first kappa shape index (κ1) is 20.5. The molecule has 1 unspecified atom stereocenters. The van der Waals surface area contributed by atoms with Crippen molar-refractivity contribution >= 4 is 0 Å². The number of allylic oxidation sites excluding steroid dienone is 2. The molecule has 1 aliphatic carbocycles. The lowest BCUT2D eigenvalue weighted by molar-refractivity contribution is -0.0883. The summed E-state index contributed by atoms with van der Waals surface area (Å²) in [7, 11) is 0. The largest absolute Gasteiger partial charge is 0.374 e. The Kier molecular flexibility index (Phi) is 7.13. The van der Waals surface area contributed by atoms with Crippen LogP contribution in [0, 0.1) is 22.7 Å². The Morgan fingerprint density at radius 3 is 1.96 bits per heavy atom. The second kappa shape index (κ2) is 8.01. The molecule has 0 heterocycles. The van der Waals surface area contributed by atoms with Gasteiger partial charge in [-0.2, -0.15) is 0 Å². The third-order valence-corrected chi connectivity index (χ3v) is 6.40. The minimum atomic E-state index is -0.00656. The van der Waals surface area contributed by atoms with Crippen LogP contribution in [-0.4, -0.2) is 12.2 Å². The molecule has 0 aromatic rings. The highest BCUT2D eigenvalue weighted by molar-refractivity contribution is 5.25. The van der Waals surface area contributed by atoms with Gasteiger partial charge in [0.2, 0.25) is 0 Å². The molecular weight excluding hydrogens is 280 g/mol. The molecule has 0 aromatic heterocycles. The number of ether oxygens (including phenoxy) is 1. The fourth-order valence-electron chi connectivity index (χ4n) is 3.98. The molecule has 134 valence electrons. The second-order valence-corrected chi connectivity index (χ2v) is 9.08. The molecule has 1 aliphatic rings. The van der Waals surface area contributed by atoms with Crippen LogP contribution in [0.5, 0.6) is 0 Å². The second-order valence-electron chi connectivity index (χ2n) is 9.08. The van der Waals surface area contributed by atoms with Gasteiger partial charge in [0.25, 0.3) is 0 Å². The molecule has 1 nitrogen and oxygen atoms in total. The maximum absolute atomic E-state index is 6.55. The Labute approximate surface area is 145 Å². The van der Waals surface area contributed by atoms with Gasteiger partial charge in [-0.1, -0.05) is 60.3 Å². The van der Waals surface area contributed by atoms with E-state index < -0.39 is 0 Å². The number of hydrogen-bond donors (Lipinski definition) is 0. The first-order chi connectivity index (χ1) is 10.5. The molecule has 0 spiro atoms. The maximum atomic E-state index is 6.55. The van der Waals surface area contributed by atoms with Crippen molar-refractivity contribution in [3.05, 3.63) is 24.3 Å². The van der Waals surface area contributed by atoms with E-state index in [1.54, 1.807) is 0 Å². The van der Waals surface area contributed by atoms with Gasteiger partial charge in [-0.25, -0.2) is 0 Å². The lowest BCUT2D eigenvalue weighted by Gasteiger charge is -2.43. The molecule has 1 rings (SSSR count). The molecule has 1 fully saturated rings. The molecule has 0 saturated heterocycles.